The quantitative estimate of drug-likeness (QED) is 0.475. The number of piperidine rings is 1. The van der Waals surface area contributed by atoms with Gasteiger partial charge in [-0.1, -0.05) is 0 Å². The van der Waals surface area contributed by atoms with Gasteiger partial charge in [0, 0.05) is 24.7 Å². The second-order valence-corrected chi connectivity index (χ2v) is 6.12. The minimum absolute atomic E-state index is 0.0197. The second-order valence-electron chi connectivity index (χ2n) is 6.12. The van der Waals surface area contributed by atoms with E-state index in [4.69, 9.17) is 0 Å². The van der Waals surface area contributed by atoms with E-state index in [1.165, 1.54) is 12.1 Å². The van der Waals surface area contributed by atoms with Crippen LogP contribution in [0.4, 0.5) is 5.69 Å². The molecule has 3 rings (SSSR count). The van der Waals surface area contributed by atoms with E-state index in [-0.39, 0.29) is 35.3 Å². The number of carbonyl (C=O) groups excluding carboxylic acids is 3. The average Bonchev–Trinajstić information content (AvgIpc) is 2.79. The van der Waals surface area contributed by atoms with Crippen LogP contribution in [0.1, 0.15) is 46.9 Å². The largest absolute Gasteiger partial charge is 0.338 e. The summed E-state index contributed by atoms with van der Waals surface area (Å²) in [6.07, 6.45) is 2.87. The first-order valence-electron chi connectivity index (χ1n) is 7.84. The fourth-order valence-corrected chi connectivity index (χ4v) is 3.23. The zero-order chi connectivity index (χ0) is 17.4. The van der Waals surface area contributed by atoms with Gasteiger partial charge in [0.05, 0.1) is 16.1 Å². The summed E-state index contributed by atoms with van der Waals surface area (Å²) in [5.74, 6) is -1.51. The summed E-state index contributed by atoms with van der Waals surface area (Å²) in [7, 11) is 0. The molecule has 0 aromatic heterocycles. The minimum Gasteiger partial charge on any atom is -0.338 e. The molecule has 2 aliphatic rings. The van der Waals surface area contributed by atoms with Crippen molar-refractivity contribution in [3.63, 3.8) is 0 Å². The maximum absolute atomic E-state index is 12.5. The van der Waals surface area contributed by atoms with Crippen molar-refractivity contribution < 1.29 is 19.3 Å². The molecule has 3 amide bonds. The van der Waals surface area contributed by atoms with Crippen LogP contribution in [0.15, 0.2) is 18.2 Å². The third kappa shape index (κ3) is 2.64. The molecular weight excluding hydrogens is 314 g/mol. The number of amides is 3. The number of nitro groups is 1. The first kappa shape index (κ1) is 16.1. The monoisotopic (exact) mass is 331 g/mol. The van der Waals surface area contributed by atoms with Gasteiger partial charge in [0.25, 0.3) is 17.5 Å². The predicted octanol–water partition coefficient (Wildman–Crippen LogP) is 1.59. The van der Waals surface area contributed by atoms with E-state index in [0.717, 1.165) is 30.2 Å². The van der Waals surface area contributed by atoms with E-state index < -0.39 is 16.7 Å². The Hall–Kier alpha value is -2.77. The third-order valence-electron chi connectivity index (χ3n) is 4.58. The van der Waals surface area contributed by atoms with Gasteiger partial charge < -0.3 is 4.90 Å². The van der Waals surface area contributed by atoms with Crippen molar-refractivity contribution in [3.05, 3.63) is 39.4 Å². The van der Waals surface area contributed by atoms with Crippen LogP contribution in [-0.4, -0.2) is 51.6 Å². The normalized spacial score (nSPS) is 20.3. The maximum atomic E-state index is 12.5. The van der Waals surface area contributed by atoms with E-state index in [1.54, 1.807) is 4.90 Å². The number of nitro benzene ring substituents is 1. The van der Waals surface area contributed by atoms with Crippen molar-refractivity contribution in [1.29, 1.82) is 0 Å². The summed E-state index contributed by atoms with van der Waals surface area (Å²) in [5.41, 5.74) is -0.175. The Labute approximate surface area is 138 Å². The van der Waals surface area contributed by atoms with E-state index in [2.05, 4.69) is 0 Å². The molecule has 8 heteroatoms. The van der Waals surface area contributed by atoms with Crippen molar-refractivity contribution in [2.75, 3.05) is 13.1 Å². The molecule has 1 atom stereocenters. The number of hydrogen-bond acceptors (Lipinski definition) is 5. The molecule has 126 valence electrons. The molecule has 0 radical (unpaired) electrons. The van der Waals surface area contributed by atoms with E-state index >= 15 is 0 Å². The van der Waals surface area contributed by atoms with Gasteiger partial charge in [-0.05, 0) is 32.3 Å². The number of benzene rings is 1. The molecule has 1 saturated heterocycles. The van der Waals surface area contributed by atoms with Crippen LogP contribution in [0.25, 0.3) is 0 Å². The standard InChI is InChI=1S/C16H17N3O5/c1-10-4-2-3-7-17(10)14(20)9-18-15(21)12-6-5-11(19(23)24)8-13(12)16(18)22/h5-6,8,10H,2-4,7,9H2,1H3/t10-/m0/s1. The summed E-state index contributed by atoms with van der Waals surface area (Å²) in [5, 5.41) is 10.8. The predicted molar refractivity (Wildman–Crippen MR) is 83.5 cm³/mol. The highest BCUT2D eigenvalue weighted by molar-refractivity contribution is 6.22. The lowest BCUT2D eigenvalue weighted by atomic mass is 10.0. The topological polar surface area (TPSA) is 101 Å². The first-order chi connectivity index (χ1) is 11.4. The molecule has 2 aliphatic heterocycles. The number of rotatable bonds is 3. The van der Waals surface area contributed by atoms with Crippen molar-refractivity contribution in [3.8, 4) is 0 Å². The Bertz CT molecular complexity index is 745. The Morgan fingerprint density at radius 1 is 1.25 bits per heavy atom. The molecule has 2 heterocycles. The summed E-state index contributed by atoms with van der Waals surface area (Å²) in [6, 6.07) is 3.62. The molecule has 0 aliphatic carbocycles. The Balaban J connectivity index is 1.80. The van der Waals surface area contributed by atoms with Crippen LogP contribution in [0.2, 0.25) is 0 Å². The SMILES string of the molecule is C[C@H]1CCCCN1C(=O)CN1C(=O)c2ccc([N+](=O)[O-])cc2C1=O. The number of nitrogens with zero attached hydrogens (tertiary/aromatic N) is 3. The highest BCUT2D eigenvalue weighted by Crippen LogP contribution is 2.27. The zero-order valence-corrected chi connectivity index (χ0v) is 13.2. The summed E-state index contributed by atoms with van der Waals surface area (Å²) < 4.78 is 0. The van der Waals surface area contributed by atoms with Gasteiger partial charge in [-0.15, -0.1) is 0 Å². The van der Waals surface area contributed by atoms with Crippen LogP contribution >= 0.6 is 0 Å². The highest BCUT2D eigenvalue weighted by atomic mass is 16.6. The van der Waals surface area contributed by atoms with E-state index in [9.17, 15) is 24.5 Å². The van der Waals surface area contributed by atoms with Crippen LogP contribution in [0.5, 0.6) is 0 Å². The number of carbonyl (C=O) groups is 3. The maximum Gasteiger partial charge on any atom is 0.270 e. The molecule has 24 heavy (non-hydrogen) atoms. The molecule has 1 fully saturated rings. The fraction of sp³-hybridized carbons (Fsp3) is 0.438. The molecule has 1 aromatic carbocycles. The molecule has 0 spiro atoms. The molecule has 0 saturated carbocycles. The van der Waals surface area contributed by atoms with Crippen LogP contribution in [0, 0.1) is 10.1 Å². The van der Waals surface area contributed by atoms with Gasteiger partial charge in [-0.2, -0.15) is 0 Å². The average molecular weight is 331 g/mol. The molecule has 0 N–H and O–H groups in total. The van der Waals surface area contributed by atoms with Gasteiger partial charge in [-0.25, -0.2) is 0 Å². The number of hydrogen-bond donors (Lipinski definition) is 0. The van der Waals surface area contributed by atoms with Crippen LogP contribution < -0.4 is 0 Å². The molecule has 0 bridgehead atoms. The second kappa shape index (κ2) is 6.03. The van der Waals surface area contributed by atoms with Crippen molar-refractivity contribution in [2.24, 2.45) is 0 Å². The lowest BCUT2D eigenvalue weighted by molar-refractivity contribution is -0.384. The number of fused-ring (bicyclic) bond motifs is 1. The van der Waals surface area contributed by atoms with Crippen LogP contribution in [0.3, 0.4) is 0 Å². The Kier molecular flexibility index (Phi) is 4.04. The Morgan fingerprint density at radius 2 is 1.96 bits per heavy atom. The number of non-ortho nitro benzene ring substituents is 1. The number of imide groups is 1. The van der Waals surface area contributed by atoms with Gasteiger partial charge in [0.1, 0.15) is 6.54 Å². The fourth-order valence-electron chi connectivity index (χ4n) is 3.23. The third-order valence-corrected chi connectivity index (χ3v) is 4.58. The lowest BCUT2D eigenvalue weighted by Crippen LogP contribution is -2.48. The lowest BCUT2D eigenvalue weighted by Gasteiger charge is -2.34. The van der Waals surface area contributed by atoms with Crippen molar-refractivity contribution in [2.45, 2.75) is 32.2 Å². The summed E-state index contributed by atoms with van der Waals surface area (Å²) in [6.45, 7) is 2.24. The molecule has 0 unspecified atom stereocenters. The molecular formula is C16H17N3O5. The number of likely N-dealkylation sites (tertiary alicyclic amines) is 1. The van der Waals surface area contributed by atoms with Crippen molar-refractivity contribution in [1.82, 2.24) is 9.80 Å². The summed E-state index contributed by atoms with van der Waals surface area (Å²) in [4.78, 5) is 50.0. The minimum atomic E-state index is -0.656. The molecule has 1 aromatic rings. The summed E-state index contributed by atoms with van der Waals surface area (Å²) >= 11 is 0. The van der Waals surface area contributed by atoms with Crippen molar-refractivity contribution >= 4 is 23.4 Å². The van der Waals surface area contributed by atoms with E-state index in [1.807, 2.05) is 6.92 Å². The van der Waals surface area contributed by atoms with Gasteiger partial charge in [0.2, 0.25) is 5.91 Å². The first-order valence-corrected chi connectivity index (χ1v) is 7.84. The molecule has 8 nitrogen and oxygen atoms in total. The zero-order valence-electron chi connectivity index (χ0n) is 13.2. The van der Waals surface area contributed by atoms with E-state index in [0.29, 0.717) is 6.54 Å². The Morgan fingerprint density at radius 3 is 2.62 bits per heavy atom. The van der Waals surface area contributed by atoms with Gasteiger partial charge in [-0.3, -0.25) is 29.4 Å². The van der Waals surface area contributed by atoms with Gasteiger partial charge >= 0.3 is 0 Å². The van der Waals surface area contributed by atoms with Crippen LogP contribution in [-0.2, 0) is 4.79 Å². The smallest absolute Gasteiger partial charge is 0.270 e. The van der Waals surface area contributed by atoms with Gasteiger partial charge in [0.15, 0.2) is 0 Å². The highest BCUT2D eigenvalue weighted by Gasteiger charge is 2.39.